The zero-order valence-corrected chi connectivity index (χ0v) is 11.3. The Morgan fingerprint density at radius 1 is 1.44 bits per heavy atom. The lowest BCUT2D eigenvalue weighted by Gasteiger charge is -2.35. The predicted octanol–water partition coefficient (Wildman–Crippen LogP) is -0.713. The molecule has 0 spiro atoms. The quantitative estimate of drug-likeness (QED) is 0.591. The smallest absolute Gasteiger partial charge is 0.246 e. The lowest BCUT2D eigenvalue weighted by molar-refractivity contribution is -0.143. The number of nitrogens with zero attached hydrogens (tertiary/aromatic N) is 1. The Morgan fingerprint density at radius 2 is 2.11 bits per heavy atom. The normalized spacial score (nSPS) is 21.2. The molecule has 1 aliphatic heterocycles. The number of piperidine rings is 1. The van der Waals surface area contributed by atoms with Gasteiger partial charge >= 0.3 is 0 Å². The van der Waals surface area contributed by atoms with E-state index in [4.69, 9.17) is 5.73 Å². The van der Waals surface area contributed by atoms with Gasteiger partial charge in [-0.15, -0.1) is 0 Å². The fraction of sp³-hybridized carbons (Fsp3) is 0.727. The van der Waals surface area contributed by atoms with E-state index in [-0.39, 0.29) is 17.6 Å². The minimum Gasteiger partial charge on any atom is -0.368 e. The Kier molecular flexibility index (Phi) is 5.46. The van der Waals surface area contributed by atoms with Crippen molar-refractivity contribution >= 4 is 30.4 Å². The van der Waals surface area contributed by atoms with Crippen LogP contribution in [0.5, 0.6) is 0 Å². The van der Waals surface area contributed by atoms with Crippen LogP contribution < -0.4 is 11.1 Å². The fourth-order valence-electron chi connectivity index (χ4n) is 2.12. The molecule has 1 saturated heterocycles. The summed E-state index contributed by atoms with van der Waals surface area (Å²) in [4.78, 5) is 36.0. The van der Waals surface area contributed by atoms with E-state index in [1.165, 1.54) is 11.8 Å². The van der Waals surface area contributed by atoms with Gasteiger partial charge in [-0.3, -0.25) is 14.4 Å². The van der Waals surface area contributed by atoms with Gasteiger partial charge in [0.1, 0.15) is 12.1 Å². The van der Waals surface area contributed by atoms with Crippen LogP contribution in [0.25, 0.3) is 0 Å². The summed E-state index contributed by atoms with van der Waals surface area (Å²) < 4.78 is 0. The number of likely N-dealkylation sites (tertiary alicyclic amines) is 1. The average molecular weight is 273 g/mol. The summed E-state index contributed by atoms with van der Waals surface area (Å²) in [5, 5.41) is 2.53. The number of hydrogen-bond acceptors (Lipinski definition) is 4. The highest BCUT2D eigenvalue weighted by Gasteiger charge is 2.34. The third-order valence-electron chi connectivity index (χ3n) is 2.97. The molecule has 1 aliphatic rings. The molecule has 0 saturated carbocycles. The molecule has 102 valence electrons. The second-order valence-electron chi connectivity index (χ2n) is 4.38. The maximum atomic E-state index is 12.2. The molecule has 0 aromatic carbocycles. The lowest BCUT2D eigenvalue weighted by Crippen LogP contribution is -2.57. The second kappa shape index (κ2) is 6.63. The number of carbonyl (C=O) groups excluding carboxylic acids is 3. The largest absolute Gasteiger partial charge is 0.368 e. The van der Waals surface area contributed by atoms with Crippen LogP contribution >= 0.6 is 12.6 Å². The summed E-state index contributed by atoms with van der Waals surface area (Å²) in [5.74, 6) is -0.886. The molecular formula is C11H19N3O3S. The molecule has 1 heterocycles. The Morgan fingerprint density at radius 3 is 2.61 bits per heavy atom. The average Bonchev–Trinajstić information content (AvgIpc) is 2.34. The molecule has 1 rings (SSSR count). The first-order valence-electron chi connectivity index (χ1n) is 5.95. The number of nitrogens with one attached hydrogen (secondary N) is 1. The number of rotatable bonds is 4. The van der Waals surface area contributed by atoms with Gasteiger partial charge in [-0.1, -0.05) is 0 Å². The molecule has 0 aromatic rings. The molecule has 7 heteroatoms. The highest BCUT2D eigenvalue weighted by molar-refractivity contribution is 7.80. The van der Waals surface area contributed by atoms with Gasteiger partial charge in [0.15, 0.2) is 0 Å². The number of nitrogens with two attached hydrogens (primary N) is 1. The first-order chi connectivity index (χ1) is 8.47. The molecule has 2 atom stereocenters. The van der Waals surface area contributed by atoms with Crippen molar-refractivity contribution in [2.45, 2.75) is 38.3 Å². The van der Waals surface area contributed by atoms with Crippen molar-refractivity contribution in [1.29, 1.82) is 0 Å². The standard InChI is InChI=1S/C11H19N3O3S/c1-7(15)13-8(6-18)11(17)14-5-3-2-4-9(14)10(12)16/h8-9,18H,2-6H2,1H3,(H2,12,16)(H,13,15). The maximum Gasteiger partial charge on any atom is 0.246 e. The first-order valence-corrected chi connectivity index (χ1v) is 6.58. The van der Waals surface area contributed by atoms with Crippen molar-refractivity contribution in [2.24, 2.45) is 5.73 Å². The number of thiol groups is 1. The molecule has 3 N–H and O–H groups in total. The molecule has 3 amide bonds. The second-order valence-corrected chi connectivity index (χ2v) is 4.75. The van der Waals surface area contributed by atoms with Crippen LogP contribution in [0.1, 0.15) is 26.2 Å². The molecule has 1 fully saturated rings. The number of amides is 3. The Labute approximate surface area is 112 Å². The van der Waals surface area contributed by atoms with E-state index >= 15 is 0 Å². The molecule has 0 aliphatic carbocycles. The van der Waals surface area contributed by atoms with Crippen LogP contribution in [0, 0.1) is 0 Å². The fourth-order valence-corrected chi connectivity index (χ4v) is 2.37. The Balaban J connectivity index is 2.78. The Hall–Kier alpha value is -1.24. The molecule has 0 aromatic heterocycles. The van der Waals surface area contributed by atoms with Crippen molar-refractivity contribution in [1.82, 2.24) is 10.2 Å². The minimum absolute atomic E-state index is 0.195. The highest BCUT2D eigenvalue weighted by atomic mass is 32.1. The lowest BCUT2D eigenvalue weighted by atomic mass is 10.0. The van der Waals surface area contributed by atoms with Crippen molar-refractivity contribution < 1.29 is 14.4 Å². The zero-order valence-electron chi connectivity index (χ0n) is 10.4. The van der Waals surface area contributed by atoms with E-state index in [1.54, 1.807) is 0 Å². The SMILES string of the molecule is CC(=O)NC(CS)C(=O)N1CCCCC1C(N)=O. The number of hydrogen-bond donors (Lipinski definition) is 3. The van der Waals surface area contributed by atoms with E-state index in [1.807, 2.05) is 0 Å². The zero-order chi connectivity index (χ0) is 13.7. The summed E-state index contributed by atoms with van der Waals surface area (Å²) in [7, 11) is 0. The van der Waals surface area contributed by atoms with Gasteiger partial charge in [-0.2, -0.15) is 12.6 Å². The number of primary amides is 1. The summed E-state index contributed by atoms with van der Waals surface area (Å²) in [6.45, 7) is 1.84. The molecule has 2 unspecified atom stereocenters. The van der Waals surface area contributed by atoms with E-state index in [0.717, 1.165) is 12.8 Å². The topological polar surface area (TPSA) is 92.5 Å². The monoisotopic (exact) mass is 273 g/mol. The summed E-state index contributed by atoms with van der Waals surface area (Å²) in [6, 6.07) is -1.27. The van der Waals surface area contributed by atoms with Gasteiger partial charge < -0.3 is 16.0 Å². The summed E-state index contributed by atoms with van der Waals surface area (Å²) in [5.41, 5.74) is 5.30. The summed E-state index contributed by atoms with van der Waals surface area (Å²) >= 11 is 4.05. The van der Waals surface area contributed by atoms with E-state index in [0.29, 0.717) is 13.0 Å². The van der Waals surface area contributed by atoms with Crippen molar-refractivity contribution in [3.63, 3.8) is 0 Å². The van der Waals surface area contributed by atoms with Crippen LogP contribution in [0.3, 0.4) is 0 Å². The molecule has 6 nitrogen and oxygen atoms in total. The van der Waals surface area contributed by atoms with E-state index in [9.17, 15) is 14.4 Å². The highest BCUT2D eigenvalue weighted by Crippen LogP contribution is 2.18. The van der Waals surface area contributed by atoms with Gasteiger partial charge in [0.25, 0.3) is 0 Å². The molecular weight excluding hydrogens is 254 g/mol. The van der Waals surface area contributed by atoms with Crippen LogP contribution in [0.15, 0.2) is 0 Å². The molecule has 18 heavy (non-hydrogen) atoms. The minimum atomic E-state index is -0.703. The van der Waals surface area contributed by atoms with Crippen molar-refractivity contribution in [3.05, 3.63) is 0 Å². The molecule has 0 radical (unpaired) electrons. The van der Waals surface area contributed by atoms with Crippen LogP contribution in [0.4, 0.5) is 0 Å². The van der Waals surface area contributed by atoms with Crippen LogP contribution in [0.2, 0.25) is 0 Å². The van der Waals surface area contributed by atoms with Gasteiger partial charge in [-0.25, -0.2) is 0 Å². The third-order valence-corrected chi connectivity index (χ3v) is 3.34. The van der Waals surface area contributed by atoms with E-state index < -0.39 is 18.0 Å². The van der Waals surface area contributed by atoms with Crippen molar-refractivity contribution in [2.75, 3.05) is 12.3 Å². The van der Waals surface area contributed by atoms with Crippen LogP contribution in [-0.2, 0) is 14.4 Å². The van der Waals surface area contributed by atoms with Crippen LogP contribution in [-0.4, -0.2) is 47.0 Å². The van der Waals surface area contributed by atoms with Gasteiger partial charge in [0.2, 0.25) is 17.7 Å². The summed E-state index contributed by atoms with van der Waals surface area (Å²) in [6.07, 6.45) is 2.30. The Bertz CT molecular complexity index is 348. The van der Waals surface area contributed by atoms with Gasteiger partial charge in [0, 0.05) is 19.2 Å². The van der Waals surface area contributed by atoms with E-state index in [2.05, 4.69) is 17.9 Å². The predicted molar refractivity (Wildman–Crippen MR) is 70.0 cm³/mol. The van der Waals surface area contributed by atoms with Gasteiger partial charge in [0.05, 0.1) is 0 Å². The first kappa shape index (κ1) is 14.8. The number of carbonyl (C=O) groups is 3. The van der Waals surface area contributed by atoms with Gasteiger partial charge in [-0.05, 0) is 19.3 Å². The third kappa shape index (κ3) is 3.63. The molecule has 0 bridgehead atoms. The van der Waals surface area contributed by atoms with Crippen molar-refractivity contribution in [3.8, 4) is 0 Å². The maximum absolute atomic E-state index is 12.2.